The van der Waals surface area contributed by atoms with Crippen molar-refractivity contribution < 1.29 is 9.15 Å². The molecule has 0 unspecified atom stereocenters. The summed E-state index contributed by atoms with van der Waals surface area (Å²) in [6.07, 6.45) is 0.215. The van der Waals surface area contributed by atoms with Crippen molar-refractivity contribution in [3.8, 4) is 0 Å². The van der Waals surface area contributed by atoms with Crippen molar-refractivity contribution in [2.75, 3.05) is 19.7 Å². The van der Waals surface area contributed by atoms with Crippen LogP contribution in [-0.2, 0) is 11.4 Å². The highest BCUT2D eigenvalue weighted by Crippen LogP contribution is 2.13. The lowest BCUT2D eigenvalue weighted by atomic mass is 10.3. The third-order valence-corrected chi connectivity index (χ3v) is 3.24. The van der Waals surface area contributed by atoms with E-state index in [1.54, 1.807) is 4.57 Å². The van der Waals surface area contributed by atoms with Crippen molar-refractivity contribution in [3.05, 3.63) is 34.8 Å². The van der Waals surface area contributed by atoms with Crippen molar-refractivity contribution in [2.24, 2.45) is 0 Å². The van der Waals surface area contributed by atoms with Crippen LogP contribution in [0.4, 0.5) is 0 Å². The molecule has 0 aliphatic carbocycles. The van der Waals surface area contributed by atoms with Gasteiger partial charge in [-0.15, -0.1) is 0 Å². The SMILES string of the molecule is C[C@@H]1CN(Cn2c(=O)oc3ccccc32)CCO1. The van der Waals surface area contributed by atoms with Gasteiger partial charge in [0.05, 0.1) is 24.9 Å². The van der Waals surface area contributed by atoms with Crippen LogP contribution in [0.5, 0.6) is 0 Å². The van der Waals surface area contributed by atoms with Crippen LogP contribution in [0.3, 0.4) is 0 Å². The molecule has 0 radical (unpaired) electrons. The van der Waals surface area contributed by atoms with Crippen molar-refractivity contribution in [1.82, 2.24) is 9.47 Å². The number of benzene rings is 1. The van der Waals surface area contributed by atoms with Crippen molar-refractivity contribution >= 4 is 11.1 Å². The first-order valence-electron chi connectivity index (χ1n) is 6.16. The first-order chi connectivity index (χ1) is 8.74. The summed E-state index contributed by atoms with van der Waals surface area (Å²) in [5.74, 6) is -0.296. The summed E-state index contributed by atoms with van der Waals surface area (Å²) in [6, 6.07) is 7.50. The Morgan fingerprint density at radius 1 is 1.39 bits per heavy atom. The van der Waals surface area contributed by atoms with Crippen LogP contribution in [-0.4, -0.2) is 35.3 Å². The molecule has 0 spiro atoms. The van der Waals surface area contributed by atoms with Crippen molar-refractivity contribution in [1.29, 1.82) is 0 Å². The number of rotatable bonds is 2. The van der Waals surface area contributed by atoms with Gasteiger partial charge in [0, 0.05) is 13.1 Å². The molecule has 2 aromatic rings. The highest BCUT2D eigenvalue weighted by Gasteiger charge is 2.18. The molecule has 1 aromatic carbocycles. The number of hydrogen-bond donors (Lipinski definition) is 0. The summed E-state index contributed by atoms with van der Waals surface area (Å²) in [6.45, 7) is 5.00. The number of aromatic nitrogens is 1. The Hall–Kier alpha value is -1.59. The van der Waals surface area contributed by atoms with Crippen LogP contribution in [0.2, 0.25) is 0 Å². The monoisotopic (exact) mass is 248 g/mol. The molecule has 1 atom stereocenters. The van der Waals surface area contributed by atoms with Crippen LogP contribution in [0, 0.1) is 0 Å². The number of hydrogen-bond acceptors (Lipinski definition) is 4. The van der Waals surface area contributed by atoms with Gasteiger partial charge in [-0.05, 0) is 19.1 Å². The zero-order valence-corrected chi connectivity index (χ0v) is 10.3. The topological polar surface area (TPSA) is 47.6 Å². The largest absolute Gasteiger partial charge is 0.421 e. The van der Waals surface area contributed by atoms with Gasteiger partial charge in [-0.25, -0.2) is 4.79 Å². The Bertz CT molecular complexity index is 602. The third kappa shape index (κ3) is 2.07. The zero-order valence-electron chi connectivity index (χ0n) is 10.3. The van der Waals surface area contributed by atoms with E-state index in [2.05, 4.69) is 4.90 Å². The van der Waals surface area contributed by atoms with E-state index in [1.165, 1.54) is 0 Å². The lowest BCUT2D eigenvalue weighted by molar-refractivity contribution is -0.0292. The molecule has 1 aliphatic rings. The summed E-state index contributed by atoms with van der Waals surface area (Å²) in [5, 5.41) is 0. The highest BCUT2D eigenvalue weighted by atomic mass is 16.5. The van der Waals surface area contributed by atoms with Crippen molar-refractivity contribution in [2.45, 2.75) is 19.7 Å². The molecule has 1 aliphatic heterocycles. The average molecular weight is 248 g/mol. The highest BCUT2D eigenvalue weighted by molar-refractivity contribution is 5.72. The van der Waals surface area contributed by atoms with E-state index in [1.807, 2.05) is 31.2 Å². The maximum Gasteiger partial charge on any atom is 0.421 e. The summed E-state index contributed by atoms with van der Waals surface area (Å²) < 4.78 is 12.4. The molecule has 0 saturated carbocycles. The Morgan fingerprint density at radius 3 is 3.06 bits per heavy atom. The second kappa shape index (κ2) is 4.59. The predicted octanol–water partition coefficient (Wildman–Crippen LogP) is 1.27. The maximum atomic E-state index is 11.8. The van der Waals surface area contributed by atoms with Crippen molar-refractivity contribution in [3.63, 3.8) is 0 Å². The van der Waals surface area contributed by atoms with Crippen LogP contribution in [0.1, 0.15) is 6.92 Å². The van der Waals surface area contributed by atoms with E-state index >= 15 is 0 Å². The van der Waals surface area contributed by atoms with Gasteiger partial charge in [-0.3, -0.25) is 9.47 Å². The third-order valence-electron chi connectivity index (χ3n) is 3.24. The normalized spacial score (nSPS) is 21.5. The van der Waals surface area contributed by atoms with E-state index < -0.39 is 0 Å². The Kier molecular flexibility index (Phi) is 2.93. The number of ether oxygens (including phenoxy) is 1. The minimum absolute atomic E-state index is 0.215. The van der Waals surface area contributed by atoms with Gasteiger partial charge in [0.15, 0.2) is 5.58 Å². The second-order valence-electron chi connectivity index (χ2n) is 4.66. The molecular weight excluding hydrogens is 232 g/mol. The first kappa shape index (κ1) is 11.5. The smallest absolute Gasteiger partial charge is 0.408 e. The van der Waals surface area contributed by atoms with Crippen LogP contribution in [0.15, 0.2) is 33.5 Å². The molecule has 1 saturated heterocycles. The molecule has 1 aromatic heterocycles. The zero-order chi connectivity index (χ0) is 12.5. The quantitative estimate of drug-likeness (QED) is 0.803. The Morgan fingerprint density at radius 2 is 2.22 bits per heavy atom. The molecule has 0 amide bonds. The summed E-state index contributed by atoms with van der Waals surface area (Å²) >= 11 is 0. The molecule has 3 rings (SSSR count). The van der Waals surface area contributed by atoms with Gasteiger partial charge in [0.1, 0.15) is 0 Å². The Balaban J connectivity index is 1.90. The average Bonchev–Trinajstić information content (AvgIpc) is 2.66. The predicted molar refractivity (Wildman–Crippen MR) is 67.5 cm³/mol. The van der Waals surface area contributed by atoms with Gasteiger partial charge in [-0.1, -0.05) is 12.1 Å². The number of fused-ring (bicyclic) bond motifs is 1. The first-order valence-corrected chi connectivity index (χ1v) is 6.16. The molecule has 2 heterocycles. The minimum atomic E-state index is -0.296. The molecule has 5 heteroatoms. The van der Waals surface area contributed by atoms with Crippen LogP contribution >= 0.6 is 0 Å². The van der Waals surface area contributed by atoms with E-state index in [0.717, 1.165) is 18.6 Å². The number of morpholine rings is 1. The van der Waals surface area contributed by atoms with Gasteiger partial charge >= 0.3 is 5.76 Å². The number of para-hydroxylation sites is 2. The van der Waals surface area contributed by atoms with E-state index in [9.17, 15) is 4.79 Å². The van der Waals surface area contributed by atoms with Gasteiger partial charge in [0.25, 0.3) is 0 Å². The van der Waals surface area contributed by atoms with Gasteiger partial charge in [0.2, 0.25) is 0 Å². The lowest BCUT2D eigenvalue weighted by Crippen LogP contribution is -2.43. The fourth-order valence-electron chi connectivity index (χ4n) is 2.37. The van der Waals surface area contributed by atoms with E-state index in [0.29, 0.717) is 18.9 Å². The maximum absolute atomic E-state index is 11.8. The van der Waals surface area contributed by atoms with Gasteiger partial charge in [-0.2, -0.15) is 0 Å². The molecule has 96 valence electrons. The Labute approximate surface area is 105 Å². The molecule has 18 heavy (non-hydrogen) atoms. The fourth-order valence-corrected chi connectivity index (χ4v) is 2.37. The van der Waals surface area contributed by atoms with E-state index in [4.69, 9.17) is 9.15 Å². The summed E-state index contributed by atoms with van der Waals surface area (Å²) in [5.41, 5.74) is 1.49. The van der Waals surface area contributed by atoms with Gasteiger partial charge < -0.3 is 9.15 Å². The number of oxazole rings is 1. The standard InChI is InChI=1S/C13H16N2O3/c1-10-8-14(6-7-17-10)9-15-11-4-2-3-5-12(11)18-13(15)16/h2-5,10H,6-9H2,1H3/t10-/m1/s1. The summed E-state index contributed by atoms with van der Waals surface area (Å²) in [4.78, 5) is 14.0. The second-order valence-corrected chi connectivity index (χ2v) is 4.66. The summed E-state index contributed by atoms with van der Waals surface area (Å²) in [7, 11) is 0. The molecule has 0 bridgehead atoms. The molecule has 5 nitrogen and oxygen atoms in total. The van der Waals surface area contributed by atoms with E-state index in [-0.39, 0.29) is 11.9 Å². The number of nitrogens with zero attached hydrogens (tertiary/aromatic N) is 2. The molecule has 1 fully saturated rings. The molecular formula is C13H16N2O3. The lowest BCUT2D eigenvalue weighted by Gasteiger charge is -2.30. The fraction of sp³-hybridized carbons (Fsp3) is 0.462. The van der Waals surface area contributed by atoms with Crippen LogP contribution in [0.25, 0.3) is 11.1 Å². The van der Waals surface area contributed by atoms with Crippen LogP contribution < -0.4 is 5.76 Å². The molecule has 0 N–H and O–H groups in total. The minimum Gasteiger partial charge on any atom is -0.408 e.